The summed E-state index contributed by atoms with van der Waals surface area (Å²) in [5.41, 5.74) is -7.28. The van der Waals surface area contributed by atoms with Gasteiger partial charge in [-0.05, 0) is 108 Å². The van der Waals surface area contributed by atoms with Gasteiger partial charge in [0.25, 0.3) is 0 Å². The van der Waals surface area contributed by atoms with Gasteiger partial charge in [0.1, 0.15) is 29.0 Å². The topological polar surface area (TPSA) is 207 Å². The molecule has 0 aromatic heterocycles. The molecular weight excluding hydrogens is 979 g/mol. The number of aliphatic hydroxyl groups excluding tert-OH is 2. The van der Waals surface area contributed by atoms with Crippen LogP contribution in [0.4, 0.5) is 4.79 Å². The number of benzene rings is 2. The minimum Gasteiger partial charge on any atom is -0.455 e. The Morgan fingerprint density at radius 3 is 1.88 bits per heavy atom. The third kappa shape index (κ3) is 14.3. The number of ketones is 1. The number of carbonyl (C=O) groups is 4. The van der Waals surface area contributed by atoms with Gasteiger partial charge >= 0.3 is 18.0 Å². The van der Waals surface area contributed by atoms with Gasteiger partial charge < -0.3 is 49.4 Å². The van der Waals surface area contributed by atoms with Crippen LogP contribution in [-0.4, -0.2) is 111 Å². The largest absolute Gasteiger partial charge is 0.455 e. The first-order chi connectivity index (χ1) is 36.6. The van der Waals surface area contributed by atoms with Crippen molar-refractivity contribution in [2.75, 3.05) is 13.2 Å². The van der Waals surface area contributed by atoms with Gasteiger partial charge in [0, 0.05) is 30.6 Å². The Kier molecular flexibility index (Phi) is 21.0. The molecule has 0 spiro atoms. The molecule has 3 aliphatic carbocycles. The summed E-state index contributed by atoms with van der Waals surface area (Å²) < 4.78 is 30.7. The Hall–Kier alpha value is -5.74. The Morgan fingerprint density at radius 2 is 1.35 bits per heavy atom. The van der Waals surface area contributed by atoms with Crippen LogP contribution in [0.3, 0.4) is 0 Å². The van der Waals surface area contributed by atoms with Gasteiger partial charge in [-0.1, -0.05) is 142 Å². The second-order valence-electron chi connectivity index (χ2n) is 22.5. The van der Waals surface area contributed by atoms with E-state index in [1.165, 1.54) is 19.1 Å². The number of alkyl carbamates (subject to hydrolysis) is 1. The number of Topliss-reactive ketones (excluding diaryl/α,β-unsaturated/α-hetero) is 1. The van der Waals surface area contributed by atoms with Crippen LogP contribution in [0.25, 0.3) is 0 Å². The van der Waals surface area contributed by atoms with Crippen LogP contribution in [0.2, 0.25) is 0 Å². The van der Waals surface area contributed by atoms with Crippen molar-refractivity contribution in [2.24, 2.45) is 16.7 Å². The maximum absolute atomic E-state index is 15.8. The molecule has 2 saturated carbocycles. The lowest BCUT2D eigenvalue weighted by Gasteiger charge is -2.67. The van der Waals surface area contributed by atoms with Gasteiger partial charge in [-0.15, -0.1) is 0 Å². The molecule has 2 bridgehead atoms. The van der Waals surface area contributed by atoms with Gasteiger partial charge in [-0.3, -0.25) is 9.59 Å². The Bertz CT molecular complexity index is 2540. The summed E-state index contributed by atoms with van der Waals surface area (Å²) in [4.78, 5) is 57.5. The smallest absolute Gasteiger partial charge is 0.408 e. The molecular formula is C63H83NO13. The fraction of sp³-hybridized carbons (Fsp3) is 0.524. The molecule has 5 N–H and O–H groups in total. The van der Waals surface area contributed by atoms with E-state index >= 15 is 4.79 Å². The highest BCUT2D eigenvalue weighted by Crippen LogP contribution is 2.63. The van der Waals surface area contributed by atoms with Crippen molar-refractivity contribution in [2.45, 2.75) is 179 Å². The number of rotatable bonds is 23. The highest BCUT2D eigenvalue weighted by atomic mass is 16.6. The Balaban J connectivity index is 1.27. The van der Waals surface area contributed by atoms with Crippen LogP contribution >= 0.6 is 0 Å². The zero-order chi connectivity index (χ0) is 56.0. The van der Waals surface area contributed by atoms with Crippen molar-refractivity contribution in [1.82, 2.24) is 5.32 Å². The first-order valence-corrected chi connectivity index (χ1v) is 27.3. The number of carbonyl (C=O) groups excluding carboxylic acids is 4. The normalized spacial score (nSPS) is 29.1. The van der Waals surface area contributed by atoms with Crippen LogP contribution in [0.1, 0.15) is 142 Å². The van der Waals surface area contributed by atoms with Gasteiger partial charge in [0.05, 0.1) is 48.5 Å². The van der Waals surface area contributed by atoms with Crippen LogP contribution in [-0.2, 0) is 33.3 Å². The fourth-order valence-electron chi connectivity index (χ4n) is 11.3. The number of allylic oxidation sites excluding steroid dienone is 12. The van der Waals surface area contributed by atoms with Crippen molar-refractivity contribution in [3.05, 3.63) is 156 Å². The summed E-state index contributed by atoms with van der Waals surface area (Å²) in [6, 6.07) is 15.9. The second-order valence-corrected chi connectivity index (χ2v) is 22.5. The zero-order valence-corrected chi connectivity index (χ0v) is 46.3. The minimum atomic E-state index is -2.23. The number of nitrogens with one attached hydrogen (secondary N) is 1. The quantitative estimate of drug-likeness (QED) is 0.0399. The SMILES string of the molecule is CC/C=C\C/C=C\C/C=C\C/C=C\C/C=C\C/C=C\CCC(=O)OC1C(=O)C2(C)C(O)CC3OCC3(O)C2C(OC(=O)c2ccccc2)C2(O)CC(OCC(O)C(NC(=O)OC(C)(C)C)c3ccccc3)C(C)=C1C2(C)C. The van der Waals surface area contributed by atoms with E-state index in [4.69, 9.17) is 23.7 Å². The van der Waals surface area contributed by atoms with Gasteiger partial charge in [0.2, 0.25) is 0 Å². The summed E-state index contributed by atoms with van der Waals surface area (Å²) in [6.07, 6.45) is 20.8. The van der Waals surface area contributed by atoms with E-state index in [0.29, 0.717) is 17.6 Å². The summed E-state index contributed by atoms with van der Waals surface area (Å²) in [5, 5.41) is 53.4. The third-order valence-corrected chi connectivity index (χ3v) is 15.6. The number of ether oxygens (including phenoxy) is 5. The summed E-state index contributed by atoms with van der Waals surface area (Å²) in [6.45, 7) is 13.1. The minimum absolute atomic E-state index is 0.111. The molecule has 1 amide bonds. The molecule has 1 heterocycles. The lowest BCUT2D eigenvalue weighted by atomic mass is 9.44. The van der Waals surface area contributed by atoms with Crippen molar-refractivity contribution in [1.29, 1.82) is 0 Å². The first kappa shape index (κ1) is 60.5. The summed E-state index contributed by atoms with van der Waals surface area (Å²) in [7, 11) is 0. The lowest BCUT2D eigenvalue weighted by molar-refractivity contribution is -0.344. The van der Waals surface area contributed by atoms with Crippen molar-refractivity contribution in [3.8, 4) is 0 Å². The number of aliphatic hydroxyl groups is 4. The van der Waals surface area contributed by atoms with Gasteiger partial charge in [0.15, 0.2) is 11.9 Å². The Morgan fingerprint density at radius 1 is 0.805 bits per heavy atom. The molecule has 1 aliphatic heterocycles. The molecule has 4 aliphatic rings. The van der Waals surface area contributed by atoms with E-state index in [-0.39, 0.29) is 43.4 Å². The average Bonchev–Trinajstić information content (AvgIpc) is 3.41. The van der Waals surface area contributed by atoms with E-state index in [1.54, 1.807) is 90.1 Å². The fourth-order valence-corrected chi connectivity index (χ4v) is 11.3. The van der Waals surface area contributed by atoms with Crippen LogP contribution in [0.15, 0.2) is 145 Å². The van der Waals surface area contributed by atoms with Crippen molar-refractivity contribution in [3.63, 3.8) is 0 Å². The molecule has 14 heteroatoms. The van der Waals surface area contributed by atoms with E-state index in [9.17, 15) is 34.8 Å². The molecule has 14 nitrogen and oxygen atoms in total. The third-order valence-electron chi connectivity index (χ3n) is 15.6. The predicted molar refractivity (Wildman–Crippen MR) is 295 cm³/mol. The second kappa shape index (κ2) is 26.7. The average molecular weight is 1060 g/mol. The van der Waals surface area contributed by atoms with Crippen LogP contribution in [0, 0.1) is 16.7 Å². The summed E-state index contributed by atoms with van der Waals surface area (Å²) in [5.74, 6) is -3.84. The summed E-state index contributed by atoms with van der Waals surface area (Å²) >= 11 is 0. The van der Waals surface area contributed by atoms with Gasteiger partial charge in [-0.25, -0.2) is 9.59 Å². The van der Waals surface area contributed by atoms with Crippen LogP contribution < -0.4 is 5.32 Å². The van der Waals surface area contributed by atoms with Crippen molar-refractivity contribution >= 4 is 23.8 Å². The molecule has 2 aromatic rings. The van der Waals surface area contributed by atoms with Crippen molar-refractivity contribution < 1.29 is 63.3 Å². The molecule has 0 radical (unpaired) electrons. The van der Waals surface area contributed by atoms with E-state index in [2.05, 4.69) is 66.9 Å². The molecule has 418 valence electrons. The molecule has 3 fully saturated rings. The number of hydrogen-bond donors (Lipinski definition) is 5. The number of esters is 2. The number of fused-ring (bicyclic) bond motifs is 5. The number of hydrogen-bond acceptors (Lipinski definition) is 13. The zero-order valence-electron chi connectivity index (χ0n) is 46.3. The standard InChI is InChI=1S/C63H83NO13/c1-9-10-11-12-13-14-15-16-17-18-19-20-21-22-23-24-25-26-33-38-50(67)75-53-51-43(2)47(73-41-46(65)52(44-34-29-27-30-35-44)64-58(70)77-59(3,4)5)40-63(72,60(51,6)7)56(76-57(69)45-36-31-28-32-37-45)54-61(8,55(53)68)48(66)39-49-62(54,71)42-74-49/h10-11,13-14,16-17,19-20,22-23,25-32,34-37,46-49,52-54,56,65-66,71-72H,9,12,15,18,21,24,33,38-42H2,1-8H3,(H,64,70)/b11-10-,14-13-,17-16-,20-19-,23-22-,26-25-. The lowest BCUT2D eigenvalue weighted by Crippen LogP contribution is -2.81. The maximum atomic E-state index is 15.8. The maximum Gasteiger partial charge on any atom is 0.408 e. The van der Waals surface area contributed by atoms with Crippen LogP contribution in [0.5, 0.6) is 0 Å². The molecule has 6 rings (SSSR count). The highest BCUT2D eigenvalue weighted by molar-refractivity contribution is 5.95. The molecule has 11 unspecified atom stereocenters. The molecule has 77 heavy (non-hydrogen) atoms. The predicted octanol–water partition coefficient (Wildman–Crippen LogP) is 10.2. The molecule has 11 atom stereocenters. The van der Waals surface area contributed by atoms with E-state index < -0.39 is 107 Å². The molecule has 1 saturated heterocycles. The molecule has 2 aromatic carbocycles. The highest BCUT2D eigenvalue weighted by Gasteiger charge is 2.76. The number of amides is 1. The first-order valence-electron chi connectivity index (χ1n) is 27.3. The van der Waals surface area contributed by atoms with E-state index in [0.717, 1.165) is 32.1 Å². The van der Waals surface area contributed by atoms with E-state index in [1.807, 2.05) is 18.2 Å². The van der Waals surface area contributed by atoms with Gasteiger partial charge in [-0.2, -0.15) is 0 Å². The Labute approximate surface area is 455 Å². The monoisotopic (exact) mass is 1060 g/mol.